The summed E-state index contributed by atoms with van der Waals surface area (Å²) in [6.45, 7) is 6.95. The van der Waals surface area contributed by atoms with Gasteiger partial charge in [-0.25, -0.2) is 4.98 Å². The quantitative estimate of drug-likeness (QED) is 0.872. The lowest BCUT2D eigenvalue weighted by Gasteiger charge is -2.16. The average Bonchev–Trinajstić information content (AvgIpc) is 2.80. The monoisotopic (exact) mass is 273 g/mol. The molecule has 1 atom stereocenters. The fourth-order valence-corrected chi connectivity index (χ4v) is 2.26. The minimum absolute atomic E-state index is 0.248. The third kappa shape index (κ3) is 3.39. The largest absolute Gasteiger partial charge is 0.383 e. The van der Waals surface area contributed by atoms with Crippen molar-refractivity contribution in [3.05, 3.63) is 41.7 Å². The molecule has 0 bridgehead atoms. The molecule has 0 aliphatic heterocycles. The van der Waals surface area contributed by atoms with Gasteiger partial charge in [0.1, 0.15) is 0 Å². The summed E-state index contributed by atoms with van der Waals surface area (Å²) in [5, 5.41) is 3.40. The molecule has 0 aliphatic carbocycles. The van der Waals surface area contributed by atoms with Crippen molar-refractivity contribution in [1.82, 2.24) is 9.55 Å². The van der Waals surface area contributed by atoms with Crippen molar-refractivity contribution < 1.29 is 4.74 Å². The Morgan fingerprint density at radius 1 is 1.40 bits per heavy atom. The molecule has 0 saturated carbocycles. The van der Waals surface area contributed by atoms with Crippen molar-refractivity contribution >= 4 is 11.6 Å². The van der Waals surface area contributed by atoms with Crippen LogP contribution in [0.15, 0.2) is 30.5 Å². The van der Waals surface area contributed by atoms with Crippen LogP contribution < -0.4 is 5.32 Å². The summed E-state index contributed by atoms with van der Waals surface area (Å²) in [5.41, 5.74) is 3.39. The van der Waals surface area contributed by atoms with E-state index < -0.39 is 0 Å². The van der Waals surface area contributed by atoms with Gasteiger partial charge in [0.2, 0.25) is 5.95 Å². The van der Waals surface area contributed by atoms with Gasteiger partial charge in [-0.15, -0.1) is 0 Å². The fourth-order valence-electron chi connectivity index (χ4n) is 2.26. The van der Waals surface area contributed by atoms with Gasteiger partial charge in [-0.3, -0.25) is 0 Å². The van der Waals surface area contributed by atoms with Gasteiger partial charge < -0.3 is 14.6 Å². The third-order valence-corrected chi connectivity index (χ3v) is 3.33. The van der Waals surface area contributed by atoms with E-state index in [1.54, 1.807) is 7.11 Å². The van der Waals surface area contributed by atoms with E-state index in [1.807, 2.05) is 6.92 Å². The molecule has 0 fully saturated rings. The van der Waals surface area contributed by atoms with E-state index in [1.165, 1.54) is 5.56 Å². The molecule has 20 heavy (non-hydrogen) atoms. The molecule has 1 aromatic heterocycles. The topological polar surface area (TPSA) is 39.1 Å². The van der Waals surface area contributed by atoms with Crippen molar-refractivity contribution in [2.75, 3.05) is 19.0 Å². The summed E-state index contributed by atoms with van der Waals surface area (Å²) >= 11 is 0. The second-order valence-electron chi connectivity index (χ2n) is 5.10. The van der Waals surface area contributed by atoms with E-state index in [-0.39, 0.29) is 6.04 Å². The number of rotatable bonds is 6. The molecular formula is C16H23N3O. The Labute approximate surface area is 120 Å². The zero-order chi connectivity index (χ0) is 14.5. The molecule has 4 heteroatoms. The van der Waals surface area contributed by atoms with Crippen LogP contribution in [0.3, 0.4) is 0 Å². The van der Waals surface area contributed by atoms with Gasteiger partial charge in [-0.1, -0.05) is 19.1 Å². The number of methoxy groups -OCH3 is 1. The predicted octanol–water partition coefficient (Wildman–Crippen LogP) is 3.70. The highest BCUT2D eigenvalue weighted by atomic mass is 16.5. The first-order valence-electron chi connectivity index (χ1n) is 7.04. The van der Waals surface area contributed by atoms with E-state index in [0.717, 1.165) is 23.8 Å². The molecular weight excluding hydrogens is 250 g/mol. The molecule has 2 rings (SSSR count). The van der Waals surface area contributed by atoms with Gasteiger partial charge in [0.25, 0.3) is 0 Å². The second-order valence-corrected chi connectivity index (χ2v) is 5.10. The molecule has 4 nitrogen and oxygen atoms in total. The van der Waals surface area contributed by atoms with Crippen molar-refractivity contribution in [3.63, 3.8) is 0 Å². The maximum Gasteiger partial charge on any atom is 0.207 e. The maximum absolute atomic E-state index is 5.23. The van der Waals surface area contributed by atoms with Crippen LogP contribution in [0.4, 0.5) is 11.6 Å². The van der Waals surface area contributed by atoms with Gasteiger partial charge in [0, 0.05) is 19.0 Å². The third-order valence-electron chi connectivity index (χ3n) is 3.33. The molecule has 0 aliphatic rings. The lowest BCUT2D eigenvalue weighted by atomic mass is 10.1. The van der Waals surface area contributed by atoms with Crippen LogP contribution in [0, 0.1) is 6.92 Å². The number of hydrogen-bond donors (Lipinski definition) is 1. The number of aromatic nitrogens is 2. The van der Waals surface area contributed by atoms with Crippen LogP contribution in [0.2, 0.25) is 0 Å². The van der Waals surface area contributed by atoms with Crippen LogP contribution in [0.25, 0.3) is 0 Å². The van der Waals surface area contributed by atoms with Gasteiger partial charge in [-0.05, 0) is 38.0 Å². The molecule has 1 unspecified atom stereocenters. The lowest BCUT2D eigenvalue weighted by Crippen LogP contribution is -2.12. The lowest BCUT2D eigenvalue weighted by molar-refractivity contribution is 0.163. The number of nitrogens with zero attached hydrogens (tertiary/aromatic N) is 2. The van der Waals surface area contributed by atoms with Gasteiger partial charge in [0.15, 0.2) is 0 Å². The van der Waals surface area contributed by atoms with E-state index in [2.05, 4.69) is 59.2 Å². The molecule has 0 spiro atoms. The second kappa shape index (κ2) is 6.57. The van der Waals surface area contributed by atoms with Gasteiger partial charge >= 0.3 is 0 Å². The van der Waals surface area contributed by atoms with Crippen molar-refractivity contribution in [1.29, 1.82) is 0 Å². The van der Waals surface area contributed by atoms with Crippen molar-refractivity contribution in [2.24, 2.45) is 0 Å². The number of nitrogens with one attached hydrogen (secondary N) is 1. The van der Waals surface area contributed by atoms with E-state index in [9.17, 15) is 0 Å². The first kappa shape index (κ1) is 14.6. The van der Waals surface area contributed by atoms with E-state index >= 15 is 0 Å². The molecule has 1 aromatic carbocycles. The Hall–Kier alpha value is -1.81. The molecule has 1 heterocycles. The zero-order valence-electron chi connectivity index (χ0n) is 12.7. The summed E-state index contributed by atoms with van der Waals surface area (Å²) in [4.78, 5) is 4.56. The van der Waals surface area contributed by atoms with E-state index in [4.69, 9.17) is 4.74 Å². The molecule has 2 aromatic rings. The smallest absolute Gasteiger partial charge is 0.207 e. The number of benzene rings is 1. The zero-order valence-corrected chi connectivity index (χ0v) is 12.7. The first-order valence-corrected chi connectivity index (χ1v) is 7.04. The number of aryl methyl sites for hydroxylation is 2. The molecule has 108 valence electrons. The summed E-state index contributed by atoms with van der Waals surface area (Å²) in [7, 11) is 1.72. The number of imidazole rings is 1. The van der Waals surface area contributed by atoms with Gasteiger partial charge in [-0.2, -0.15) is 0 Å². The summed E-state index contributed by atoms with van der Waals surface area (Å²) < 4.78 is 7.36. The normalized spacial score (nSPS) is 12.4. The Morgan fingerprint density at radius 3 is 2.90 bits per heavy atom. The highest BCUT2D eigenvalue weighted by molar-refractivity contribution is 5.55. The Kier molecular flexibility index (Phi) is 4.79. The van der Waals surface area contributed by atoms with E-state index in [0.29, 0.717) is 6.61 Å². The molecule has 0 saturated heterocycles. The molecule has 1 N–H and O–H groups in total. The number of ether oxygens (including phenoxy) is 1. The van der Waals surface area contributed by atoms with Crippen LogP contribution in [-0.4, -0.2) is 23.3 Å². The summed E-state index contributed by atoms with van der Waals surface area (Å²) in [6, 6.07) is 8.68. The first-order chi connectivity index (χ1) is 9.63. The Morgan fingerprint density at radius 2 is 2.20 bits per heavy atom. The highest BCUT2D eigenvalue weighted by Crippen LogP contribution is 2.21. The predicted molar refractivity (Wildman–Crippen MR) is 82.7 cm³/mol. The number of hydrogen-bond acceptors (Lipinski definition) is 3. The average molecular weight is 273 g/mol. The maximum atomic E-state index is 5.23. The molecule has 0 radical (unpaired) electrons. The van der Waals surface area contributed by atoms with Crippen LogP contribution >= 0.6 is 0 Å². The van der Waals surface area contributed by atoms with Crippen LogP contribution in [-0.2, 0) is 11.2 Å². The minimum atomic E-state index is 0.248. The summed E-state index contributed by atoms with van der Waals surface area (Å²) in [6.07, 6.45) is 3.08. The standard InChI is InChI=1S/C16H23N3O/c1-5-14-7-6-8-15(9-14)18-16-17-12(2)10-19(16)13(3)11-20-4/h6-10,13H,5,11H2,1-4H3,(H,17,18). The van der Waals surface area contributed by atoms with Gasteiger partial charge in [0.05, 0.1) is 18.3 Å². The van der Waals surface area contributed by atoms with Crippen molar-refractivity contribution in [3.8, 4) is 0 Å². The van der Waals surface area contributed by atoms with Crippen molar-refractivity contribution in [2.45, 2.75) is 33.2 Å². The minimum Gasteiger partial charge on any atom is -0.383 e. The number of anilines is 2. The van der Waals surface area contributed by atoms with Crippen LogP contribution in [0.1, 0.15) is 31.1 Å². The highest BCUT2D eigenvalue weighted by Gasteiger charge is 2.12. The summed E-state index contributed by atoms with van der Waals surface area (Å²) in [5.74, 6) is 0.861. The fraction of sp³-hybridized carbons (Fsp3) is 0.438. The molecule has 0 amide bonds. The Bertz CT molecular complexity index is 563. The SMILES string of the molecule is CCc1cccc(Nc2nc(C)cn2C(C)COC)c1. The Balaban J connectivity index is 2.24. The van der Waals surface area contributed by atoms with Crippen LogP contribution in [0.5, 0.6) is 0 Å².